The first-order chi connectivity index (χ1) is 15.0. The quantitative estimate of drug-likeness (QED) is 0.458. The minimum atomic E-state index is -0.372. The zero-order valence-corrected chi connectivity index (χ0v) is 17.7. The minimum Gasteiger partial charge on any atom is -0.423 e. The molecule has 2 aromatic heterocycles. The average Bonchev–Trinajstić information content (AvgIpc) is 2.74. The van der Waals surface area contributed by atoms with Crippen LogP contribution >= 0.6 is 11.6 Å². The number of rotatable bonds is 3. The van der Waals surface area contributed by atoms with Gasteiger partial charge in [0.05, 0.1) is 11.4 Å². The Kier molecular flexibility index (Phi) is 4.94. The first kappa shape index (κ1) is 19.7. The molecular weight excluding hydrogens is 416 g/mol. The van der Waals surface area contributed by atoms with Gasteiger partial charge in [0.2, 0.25) is 0 Å². The summed E-state index contributed by atoms with van der Waals surface area (Å²) in [5.74, 6) is 0. The summed E-state index contributed by atoms with van der Waals surface area (Å²) in [6, 6.07) is 14.3. The highest BCUT2D eigenvalue weighted by atomic mass is 35.5. The molecule has 0 unspecified atom stereocenters. The second-order valence-corrected chi connectivity index (χ2v) is 8.41. The van der Waals surface area contributed by atoms with Crippen LogP contribution in [0.4, 0.5) is 11.4 Å². The lowest BCUT2D eigenvalue weighted by Gasteiger charge is -2.34. The maximum absolute atomic E-state index is 12.0. The van der Waals surface area contributed by atoms with Gasteiger partial charge < -0.3 is 19.1 Å². The Morgan fingerprint density at radius 3 is 2.35 bits per heavy atom. The fourth-order valence-corrected chi connectivity index (χ4v) is 4.43. The van der Waals surface area contributed by atoms with Crippen molar-refractivity contribution in [2.24, 2.45) is 0 Å². The molecule has 0 amide bonds. The molecule has 158 valence electrons. The van der Waals surface area contributed by atoms with E-state index in [2.05, 4.69) is 10.2 Å². The fourth-order valence-electron chi connectivity index (χ4n) is 4.26. The molecule has 1 aliphatic heterocycles. The zero-order valence-electron chi connectivity index (χ0n) is 17.0. The summed E-state index contributed by atoms with van der Waals surface area (Å²) in [4.78, 5) is 26.2. The monoisotopic (exact) mass is 436 g/mol. The predicted octanol–water partition coefficient (Wildman–Crippen LogP) is 4.94. The molecule has 1 N–H and O–H groups in total. The maximum atomic E-state index is 12.0. The van der Waals surface area contributed by atoms with Crippen LogP contribution in [0.25, 0.3) is 21.9 Å². The van der Waals surface area contributed by atoms with E-state index in [-0.39, 0.29) is 17.3 Å². The van der Waals surface area contributed by atoms with Crippen molar-refractivity contribution in [3.8, 4) is 0 Å². The van der Waals surface area contributed by atoms with Crippen LogP contribution < -0.4 is 21.5 Å². The van der Waals surface area contributed by atoms with Crippen molar-refractivity contribution in [1.29, 1.82) is 0 Å². The van der Waals surface area contributed by atoms with Crippen LogP contribution in [0.2, 0.25) is 5.02 Å². The number of benzene rings is 2. The maximum Gasteiger partial charge on any atom is 0.338 e. The van der Waals surface area contributed by atoms with Crippen molar-refractivity contribution in [3.63, 3.8) is 0 Å². The van der Waals surface area contributed by atoms with E-state index in [0.717, 1.165) is 53.6 Å². The molecule has 5 rings (SSSR count). The van der Waals surface area contributed by atoms with Gasteiger partial charge >= 0.3 is 11.3 Å². The van der Waals surface area contributed by atoms with Crippen molar-refractivity contribution in [2.75, 3.05) is 23.3 Å². The smallest absolute Gasteiger partial charge is 0.338 e. The van der Waals surface area contributed by atoms with Gasteiger partial charge in [-0.25, -0.2) is 9.59 Å². The number of piperidine rings is 1. The number of nitrogens with one attached hydrogen (secondary N) is 1. The number of fused-ring (bicyclic) bond motifs is 2. The lowest BCUT2D eigenvalue weighted by atomic mass is 10.0. The number of hydrogen-bond donors (Lipinski definition) is 1. The Morgan fingerprint density at radius 2 is 1.58 bits per heavy atom. The van der Waals surface area contributed by atoms with E-state index in [1.807, 2.05) is 31.2 Å². The van der Waals surface area contributed by atoms with Crippen LogP contribution in [-0.2, 0) is 0 Å². The van der Waals surface area contributed by atoms with Crippen molar-refractivity contribution in [3.05, 3.63) is 80.0 Å². The molecule has 0 aliphatic carbocycles. The number of halogens is 1. The van der Waals surface area contributed by atoms with Crippen molar-refractivity contribution >= 4 is 44.9 Å². The number of hydrogen-bond acceptors (Lipinski definition) is 6. The number of aryl methyl sites for hydroxylation is 1. The van der Waals surface area contributed by atoms with Crippen LogP contribution in [0.15, 0.2) is 67.0 Å². The first-order valence-electron chi connectivity index (χ1n) is 10.3. The van der Waals surface area contributed by atoms with Crippen molar-refractivity contribution in [1.82, 2.24) is 0 Å². The van der Waals surface area contributed by atoms with Crippen LogP contribution in [0.3, 0.4) is 0 Å². The third kappa shape index (κ3) is 3.91. The summed E-state index contributed by atoms with van der Waals surface area (Å²) in [6.45, 7) is 3.54. The Bertz CT molecular complexity index is 1400. The van der Waals surface area contributed by atoms with Crippen molar-refractivity contribution < 1.29 is 8.83 Å². The van der Waals surface area contributed by atoms with E-state index >= 15 is 0 Å². The van der Waals surface area contributed by atoms with Crippen LogP contribution in [0, 0.1) is 6.92 Å². The van der Waals surface area contributed by atoms with Gasteiger partial charge in [-0.05, 0) is 50.1 Å². The summed E-state index contributed by atoms with van der Waals surface area (Å²) in [5.41, 5.74) is 3.12. The molecule has 6 nitrogen and oxygen atoms in total. The molecule has 1 saturated heterocycles. The summed E-state index contributed by atoms with van der Waals surface area (Å²) < 4.78 is 10.6. The largest absolute Gasteiger partial charge is 0.423 e. The average molecular weight is 437 g/mol. The second-order valence-electron chi connectivity index (χ2n) is 7.98. The van der Waals surface area contributed by atoms with Crippen LogP contribution in [0.1, 0.15) is 18.4 Å². The van der Waals surface area contributed by atoms with Gasteiger partial charge in [-0.3, -0.25) is 0 Å². The van der Waals surface area contributed by atoms with E-state index in [9.17, 15) is 9.59 Å². The Morgan fingerprint density at radius 1 is 0.903 bits per heavy atom. The molecule has 0 bridgehead atoms. The topological polar surface area (TPSA) is 75.7 Å². The van der Waals surface area contributed by atoms with E-state index in [1.54, 1.807) is 12.1 Å². The van der Waals surface area contributed by atoms with Gasteiger partial charge in [0, 0.05) is 47.1 Å². The molecule has 7 heteroatoms. The van der Waals surface area contributed by atoms with Gasteiger partial charge in [0.1, 0.15) is 11.2 Å². The summed E-state index contributed by atoms with van der Waals surface area (Å²) in [6.07, 6.45) is 1.71. The molecular formula is C24H21ClN2O4. The molecule has 1 aliphatic rings. The molecule has 1 fully saturated rings. The molecule has 2 aromatic carbocycles. The van der Waals surface area contributed by atoms with Gasteiger partial charge in [-0.15, -0.1) is 0 Å². The predicted molar refractivity (Wildman–Crippen MR) is 124 cm³/mol. The van der Waals surface area contributed by atoms with Crippen LogP contribution in [-0.4, -0.2) is 19.1 Å². The highest BCUT2D eigenvalue weighted by Crippen LogP contribution is 2.31. The number of nitrogens with zero attached hydrogens (tertiary/aromatic N) is 1. The Labute approximate surface area is 183 Å². The second kappa shape index (κ2) is 7.78. The van der Waals surface area contributed by atoms with E-state index in [4.69, 9.17) is 20.4 Å². The SMILES string of the molecule is Cc1ccc2oc(=O)cc(NC3CCN(c4cc(=O)oc5ccc(Cl)cc45)CC3)c2c1. The highest BCUT2D eigenvalue weighted by Gasteiger charge is 2.22. The minimum absolute atomic E-state index is 0.205. The molecule has 0 radical (unpaired) electrons. The lowest BCUT2D eigenvalue weighted by molar-refractivity contribution is 0.522. The summed E-state index contributed by atoms with van der Waals surface area (Å²) >= 11 is 6.17. The molecule has 3 heterocycles. The van der Waals surface area contributed by atoms with E-state index < -0.39 is 0 Å². The molecule has 0 atom stereocenters. The lowest BCUT2D eigenvalue weighted by Crippen LogP contribution is -2.39. The summed E-state index contributed by atoms with van der Waals surface area (Å²) in [7, 11) is 0. The Balaban J connectivity index is 1.39. The normalized spacial score (nSPS) is 15.0. The van der Waals surface area contributed by atoms with Gasteiger partial charge in [-0.1, -0.05) is 23.2 Å². The van der Waals surface area contributed by atoms with Gasteiger partial charge in [-0.2, -0.15) is 0 Å². The molecule has 31 heavy (non-hydrogen) atoms. The van der Waals surface area contributed by atoms with Crippen LogP contribution in [0.5, 0.6) is 0 Å². The standard InChI is InChI=1S/C24H21ClN2O4/c1-14-2-4-21-17(10-14)19(12-23(28)30-21)26-16-6-8-27(9-7-16)20-13-24(29)31-22-5-3-15(25)11-18(20)22/h2-5,10-13,16,26H,6-9H2,1H3. The van der Waals surface area contributed by atoms with E-state index in [1.165, 1.54) is 12.1 Å². The van der Waals surface area contributed by atoms with Gasteiger partial charge in [0.15, 0.2) is 0 Å². The van der Waals surface area contributed by atoms with Crippen molar-refractivity contribution in [2.45, 2.75) is 25.8 Å². The molecule has 0 saturated carbocycles. The number of anilines is 2. The third-order valence-electron chi connectivity index (χ3n) is 5.78. The molecule has 0 spiro atoms. The first-order valence-corrected chi connectivity index (χ1v) is 10.6. The van der Waals surface area contributed by atoms with Gasteiger partial charge in [0.25, 0.3) is 0 Å². The zero-order chi connectivity index (χ0) is 21.5. The molecule has 4 aromatic rings. The van der Waals surface area contributed by atoms with E-state index in [0.29, 0.717) is 16.2 Å². The highest BCUT2D eigenvalue weighted by molar-refractivity contribution is 6.31. The summed E-state index contributed by atoms with van der Waals surface area (Å²) in [5, 5.41) is 5.87. The Hall–Kier alpha value is -3.25. The fraction of sp³-hybridized carbons (Fsp3) is 0.250. The third-order valence-corrected chi connectivity index (χ3v) is 6.01.